The minimum absolute atomic E-state index is 0.0121. The van der Waals surface area contributed by atoms with Crippen LogP contribution in [0.4, 0.5) is 19.8 Å². The zero-order chi connectivity index (χ0) is 22.8. The van der Waals surface area contributed by atoms with E-state index in [1.807, 2.05) is 0 Å². The largest absolute Gasteiger partial charge is 0.483 e. The fourth-order valence-corrected chi connectivity index (χ4v) is 3.89. The molecule has 1 aromatic carbocycles. The van der Waals surface area contributed by atoms with Crippen molar-refractivity contribution in [3.05, 3.63) is 62.3 Å². The smallest absolute Gasteiger partial charge is 0.324 e. The second-order valence-electron chi connectivity index (χ2n) is 7.20. The van der Waals surface area contributed by atoms with Gasteiger partial charge in [0.15, 0.2) is 6.61 Å². The summed E-state index contributed by atoms with van der Waals surface area (Å²) in [5.41, 5.74) is 6.19. The number of thiophene rings is 1. The molecule has 2 N–H and O–H groups in total. The normalized spacial score (nSPS) is 13.2. The Morgan fingerprint density at radius 1 is 1.31 bits per heavy atom. The molecule has 0 saturated heterocycles. The van der Waals surface area contributed by atoms with Crippen molar-refractivity contribution in [1.29, 1.82) is 0 Å². The highest BCUT2D eigenvalue weighted by atomic mass is 32.1. The van der Waals surface area contributed by atoms with Crippen LogP contribution in [-0.4, -0.2) is 32.5 Å². The Labute approximate surface area is 183 Å². The summed E-state index contributed by atoms with van der Waals surface area (Å²) in [6.07, 6.45) is 1.52. The van der Waals surface area contributed by atoms with Crippen LogP contribution in [0.2, 0.25) is 0 Å². The number of rotatable bonds is 9. The number of hydrogen-bond donors (Lipinski definition) is 1. The lowest BCUT2D eigenvalue weighted by Crippen LogP contribution is -2.34. The Hall–Kier alpha value is -3.61. The molecule has 32 heavy (non-hydrogen) atoms. The fourth-order valence-electron chi connectivity index (χ4n) is 3.17. The minimum atomic E-state index is -0.807. The molecule has 1 fully saturated rings. The molecule has 2 aromatic heterocycles. The van der Waals surface area contributed by atoms with E-state index in [9.17, 15) is 23.7 Å². The topological polar surface area (TPSA) is 138 Å². The number of nitrogens with two attached hydrogens (primary N) is 1. The van der Waals surface area contributed by atoms with Crippen molar-refractivity contribution in [2.45, 2.75) is 31.8 Å². The Kier molecular flexibility index (Phi) is 5.99. The molecular weight excluding hydrogens is 448 g/mol. The van der Waals surface area contributed by atoms with Gasteiger partial charge in [0.2, 0.25) is 5.89 Å². The molecule has 4 rings (SSSR count). The molecule has 1 saturated carbocycles. The van der Waals surface area contributed by atoms with E-state index in [2.05, 4.69) is 10.2 Å². The van der Waals surface area contributed by atoms with Crippen molar-refractivity contribution >= 4 is 28.3 Å². The molecule has 0 aliphatic heterocycles. The van der Waals surface area contributed by atoms with Gasteiger partial charge in [-0.3, -0.25) is 14.9 Å². The fraction of sp³-hybridized carbons (Fsp3) is 0.316. The summed E-state index contributed by atoms with van der Waals surface area (Å²) < 4.78 is 38.5. The quantitative estimate of drug-likeness (QED) is 0.375. The van der Waals surface area contributed by atoms with Gasteiger partial charge in [-0.2, -0.15) is 0 Å². The molecule has 3 aromatic rings. The first-order valence-corrected chi connectivity index (χ1v) is 10.4. The van der Waals surface area contributed by atoms with Gasteiger partial charge in [0.1, 0.15) is 17.4 Å². The van der Waals surface area contributed by atoms with Crippen LogP contribution in [0, 0.1) is 21.7 Å². The van der Waals surface area contributed by atoms with Crippen LogP contribution in [0.25, 0.3) is 0 Å². The minimum Gasteiger partial charge on any atom is -0.483 e. The Morgan fingerprint density at radius 3 is 2.72 bits per heavy atom. The molecule has 2 heterocycles. The third-order valence-electron chi connectivity index (χ3n) is 4.75. The monoisotopic (exact) mass is 465 g/mol. The average molecular weight is 465 g/mol. The van der Waals surface area contributed by atoms with Gasteiger partial charge in [-0.25, -0.2) is 8.78 Å². The first kappa shape index (κ1) is 21.6. The van der Waals surface area contributed by atoms with Gasteiger partial charge in [0.25, 0.3) is 5.91 Å². The van der Waals surface area contributed by atoms with E-state index >= 15 is 0 Å². The van der Waals surface area contributed by atoms with Crippen molar-refractivity contribution in [3.8, 4) is 5.75 Å². The number of carbonyl (C=O) groups excluding carboxylic acids is 1. The van der Waals surface area contributed by atoms with Gasteiger partial charge < -0.3 is 19.8 Å². The van der Waals surface area contributed by atoms with Gasteiger partial charge in [0, 0.05) is 35.7 Å². The van der Waals surface area contributed by atoms with Crippen molar-refractivity contribution in [1.82, 2.24) is 15.1 Å². The van der Waals surface area contributed by atoms with Gasteiger partial charge >= 0.3 is 11.0 Å². The number of ether oxygens (including phenoxy) is 1. The van der Waals surface area contributed by atoms with Crippen LogP contribution in [0.15, 0.2) is 28.0 Å². The maximum atomic E-state index is 14.2. The summed E-state index contributed by atoms with van der Waals surface area (Å²) in [6.45, 7) is -0.663. The molecule has 1 aliphatic carbocycles. The van der Waals surface area contributed by atoms with Crippen LogP contribution >= 0.6 is 11.3 Å². The van der Waals surface area contributed by atoms with E-state index in [0.29, 0.717) is 5.56 Å². The maximum Gasteiger partial charge on any atom is 0.324 e. The van der Waals surface area contributed by atoms with Crippen LogP contribution in [0.1, 0.15) is 35.8 Å². The second-order valence-corrected chi connectivity index (χ2v) is 8.09. The van der Waals surface area contributed by atoms with E-state index < -0.39 is 29.1 Å². The van der Waals surface area contributed by atoms with Crippen LogP contribution < -0.4 is 10.5 Å². The van der Waals surface area contributed by atoms with Crippen LogP contribution in [0.3, 0.4) is 0 Å². The number of anilines is 1. The molecule has 13 heteroatoms. The summed E-state index contributed by atoms with van der Waals surface area (Å²) in [4.78, 5) is 24.6. The predicted octanol–water partition coefficient (Wildman–Crippen LogP) is 3.38. The number of amides is 1. The number of hydrogen-bond acceptors (Lipinski definition) is 9. The van der Waals surface area contributed by atoms with Crippen molar-refractivity contribution < 1.29 is 27.7 Å². The van der Waals surface area contributed by atoms with E-state index in [0.717, 1.165) is 36.3 Å². The molecule has 0 bridgehead atoms. The van der Waals surface area contributed by atoms with Gasteiger partial charge in [0.05, 0.1) is 11.5 Å². The molecule has 0 atom stereocenters. The van der Waals surface area contributed by atoms with E-state index in [-0.39, 0.29) is 47.2 Å². The highest BCUT2D eigenvalue weighted by Crippen LogP contribution is 2.45. The lowest BCUT2D eigenvalue weighted by molar-refractivity contribution is -0.380. The van der Waals surface area contributed by atoms with Gasteiger partial charge in [-0.05, 0) is 24.3 Å². The number of nitrogen functional groups attached to an aromatic ring is 1. The second kappa shape index (κ2) is 8.86. The number of halogens is 2. The maximum absolute atomic E-state index is 14.2. The Balaban J connectivity index is 1.51. The molecule has 1 amide bonds. The summed E-state index contributed by atoms with van der Waals surface area (Å²) in [5.74, 6) is -2.11. The summed E-state index contributed by atoms with van der Waals surface area (Å²) >= 11 is 0.924. The summed E-state index contributed by atoms with van der Waals surface area (Å²) in [6, 6.07) is 3.01. The van der Waals surface area contributed by atoms with Gasteiger partial charge in [-0.15, -0.1) is 5.10 Å². The van der Waals surface area contributed by atoms with E-state index in [4.69, 9.17) is 14.9 Å². The molecular formula is C19H17F2N5O5S. The number of nitro groups is 1. The van der Waals surface area contributed by atoms with E-state index in [1.165, 1.54) is 11.0 Å². The lowest BCUT2D eigenvalue weighted by atomic mass is 10.1. The zero-order valence-corrected chi connectivity index (χ0v) is 17.3. The standard InChI is InChI=1S/C19H17F2N5O5S/c20-12-4-13(21)18(11-1-2-11)14(5-12)30-8-16(27)25(7-15-23-24-19(22)31-15)6-10-3-17(26(28)29)32-9-10/h3-5,9,11H,1-2,6-8H2,(H2,22,24). The highest BCUT2D eigenvalue weighted by molar-refractivity contribution is 7.13. The van der Waals surface area contributed by atoms with Gasteiger partial charge in [-0.1, -0.05) is 16.4 Å². The molecule has 0 radical (unpaired) electrons. The summed E-state index contributed by atoms with van der Waals surface area (Å²) in [7, 11) is 0. The lowest BCUT2D eigenvalue weighted by Gasteiger charge is -2.21. The third-order valence-corrected chi connectivity index (χ3v) is 5.68. The van der Waals surface area contributed by atoms with Crippen molar-refractivity contribution in [2.24, 2.45) is 0 Å². The first-order chi connectivity index (χ1) is 15.3. The molecule has 0 unspecified atom stereocenters. The van der Waals surface area contributed by atoms with E-state index in [1.54, 1.807) is 5.38 Å². The predicted molar refractivity (Wildman–Crippen MR) is 108 cm³/mol. The molecule has 168 valence electrons. The third kappa shape index (κ3) is 4.99. The Bertz CT molecular complexity index is 1160. The average Bonchev–Trinajstić information content (AvgIpc) is 3.29. The zero-order valence-electron chi connectivity index (χ0n) is 16.5. The first-order valence-electron chi connectivity index (χ1n) is 9.49. The summed E-state index contributed by atoms with van der Waals surface area (Å²) in [5, 5.41) is 19.7. The number of benzene rings is 1. The molecule has 10 nitrogen and oxygen atoms in total. The molecule has 0 spiro atoms. The number of nitrogens with zero attached hydrogens (tertiary/aromatic N) is 4. The van der Waals surface area contributed by atoms with Crippen LogP contribution in [-0.2, 0) is 17.9 Å². The highest BCUT2D eigenvalue weighted by Gasteiger charge is 2.31. The number of carbonyl (C=O) groups is 1. The van der Waals surface area contributed by atoms with Crippen LogP contribution in [0.5, 0.6) is 5.75 Å². The SMILES string of the molecule is Nc1nnc(CN(Cc2csc([N+](=O)[O-])c2)C(=O)COc2cc(F)cc(F)c2C2CC2)o1. The molecule has 1 aliphatic rings. The van der Waals surface area contributed by atoms with Crippen molar-refractivity contribution in [2.75, 3.05) is 12.3 Å². The Morgan fingerprint density at radius 2 is 2.09 bits per heavy atom. The van der Waals surface area contributed by atoms with Crippen molar-refractivity contribution in [3.63, 3.8) is 0 Å². The number of aromatic nitrogens is 2.